The molecule has 1 N–H and O–H groups in total. The summed E-state index contributed by atoms with van der Waals surface area (Å²) < 4.78 is 1.71. The van der Waals surface area contributed by atoms with E-state index in [2.05, 4.69) is 51.2 Å². The molecule has 0 aliphatic heterocycles. The number of hydrogen-bond acceptors (Lipinski definition) is 5. The molecular formula is C22H21N5OS. The Morgan fingerprint density at radius 3 is 2.62 bits per heavy atom. The van der Waals surface area contributed by atoms with E-state index in [-0.39, 0.29) is 17.7 Å². The highest BCUT2D eigenvalue weighted by Gasteiger charge is 2.13. The highest BCUT2D eigenvalue weighted by atomic mass is 32.2. The summed E-state index contributed by atoms with van der Waals surface area (Å²) in [5.74, 6) is 0.206. The van der Waals surface area contributed by atoms with E-state index in [0.29, 0.717) is 11.7 Å². The van der Waals surface area contributed by atoms with Gasteiger partial charge in [0.2, 0.25) is 11.1 Å². The molecule has 3 aromatic carbocycles. The third kappa shape index (κ3) is 4.81. The summed E-state index contributed by atoms with van der Waals surface area (Å²) in [4.78, 5) is 12.4. The third-order valence-corrected chi connectivity index (χ3v) is 5.61. The van der Waals surface area contributed by atoms with Gasteiger partial charge in [0.15, 0.2) is 0 Å². The van der Waals surface area contributed by atoms with Crippen LogP contribution in [0, 0.1) is 0 Å². The molecule has 7 heteroatoms. The molecule has 146 valence electrons. The molecule has 0 bridgehead atoms. The molecule has 4 aromatic rings. The average Bonchev–Trinajstić information content (AvgIpc) is 3.19. The average molecular weight is 404 g/mol. The van der Waals surface area contributed by atoms with Crippen molar-refractivity contribution in [2.75, 3.05) is 5.75 Å². The van der Waals surface area contributed by atoms with Crippen molar-refractivity contribution in [3.8, 4) is 0 Å². The molecule has 29 heavy (non-hydrogen) atoms. The number of carbonyl (C=O) groups is 1. The number of thioether (sulfide) groups is 1. The normalized spacial score (nSPS) is 12.0. The number of amides is 1. The van der Waals surface area contributed by atoms with Crippen LogP contribution in [0.1, 0.15) is 24.1 Å². The zero-order valence-electron chi connectivity index (χ0n) is 16.0. The van der Waals surface area contributed by atoms with Crippen LogP contribution in [0.4, 0.5) is 0 Å². The van der Waals surface area contributed by atoms with Crippen LogP contribution < -0.4 is 5.32 Å². The van der Waals surface area contributed by atoms with Gasteiger partial charge in [-0.3, -0.25) is 4.79 Å². The van der Waals surface area contributed by atoms with Gasteiger partial charge in [-0.1, -0.05) is 78.5 Å². The maximum Gasteiger partial charge on any atom is 0.230 e. The Morgan fingerprint density at radius 1 is 1.03 bits per heavy atom. The fourth-order valence-corrected chi connectivity index (χ4v) is 3.82. The lowest BCUT2D eigenvalue weighted by Crippen LogP contribution is -2.28. The SMILES string of the molecule is C[C@H](NC(=O)CSc1nnnn1Cc1ccccc1)c1ccc2ccccc2c1. The van der Waals surface area contributed by atoms with Crippen LogP contribution in [-0.4, -0.2) is 31.9 Å². The predicted molar refractivity (Wildman–Crippen MR) is 115 cm³/mol. The zero-order chi connectivity index (χ0) is 20.1. The van der Waals surface area contributed by atoms with Crippen molar-refractivity contribution in [2.45, 2.75) is 24.7 Å². The number of fused-ring (bicyclic) bond motifs is 1. The number of nitrogens with zero attached hydrogens (tertiary/aromatic N) is 4. The van der Waals surface area contributed by atoms with Crippen LogP contribution in [0.25, 0.3) is 10.8 Å². The van der Waals surface area contributed by atoms with E-state index in [1.807, 2.05) is 49.4 Å². The monoisotopic (exact) mass is 403 g/mol. The Bertz CT molecular complexity index is 1110. The van der Waals surface area contributed by atoms with Gasteiger partial charge in [0, 0.05) is 0 Å². The van der Waals surface area contributed by atoms with Gasteiger partial charge >= 0.3 is 0 Å². The number of tetrazole rings is 1. The minimum absolute atomic E-state index is 0.0510. The number of benzene rings is 3. The van der Waals surface area contributed by atoms with Crippen LogP contribution in [0.3, 0.4) is 0 Å². The van der Waals surface area contributed by atoms with Crippen molar-refractivity contribution in [3.05, 3.63) is 83.9 Å². The van der Waals surface area contributed by atoms with E-state index in [1.54, 1.807) is 4.68 Å². The van der Waals surface area contributed by atoms with Gasteiger partial charge in [-0.25, -0.2) is 4.68 Å². The van der Waals surface area contributed by atoms with Crippen molar-refractivity contribution in [1.82, 2.24) is 25.5 Å². The Morgan fingerprint density at radius 2 is 1.79 bits per heavy atom. The van der Waals surface area contributed by atoms with E-state index in [9.17, 15) is 4.79 Å². The molecule has 0 spiro atoms. The summed E-state index contributed by atoms with van der Waals surface area (Å²) >= 11 is 1.34. The third-order valence-electron chi connectivity index (χ3n) is 4.66. The van der Waals surface area contributed by atoms with Gasteiger partial charge < -0.3 is 5.32 Å². The van der Waals surface area contributed by atoms with Gasteiger partial charge in [0.05, 0.1) is 18.3 Å². The highest BCUT2D eigenvalue weighted by Crippen LogP contribution is 2.21. The standard InChI is InChI=1S/C22H21N5OS/c1-16(19-12-11-18-9-5-6-10-20(18)13-19)23-21(28)15-29-22-24-25-26-27(22)14-17-7-3-2-4-8-17/h2-13,16H,14-15H2,1H3,(H,23,28)/t16-/m0/s1. The van der Waals surface area contributed by atoms with Crippen molar-refractivity contribution < 1.29 is 4.79 Å². The molecule has 0 aliphatic rings. The molecule has 0 saturated carbocycles. The van der Waals surface area contributed by atoms with E-state index in [4.69, 9.17) is 0 Å². The Balaban J connectivity index is 1.35. The molecule has 1 heterocycles. The molecule has 0 radical (unpaired) electrons. The number of aromatic nitrogens is 4. The number of nitrogens with one attached hydrogen (secondary N) is 1. The second kappa shape index (κ2) is 8.87. The van der Waals surface area contributed by atoms with Gasteiger partial charge in [-0.15, -0.1) is 5.10 Å². The summed E-state index contributed by atoms with van der Waals surface area (Å²) in [5.41, 5.74) is 2.19. The Kier molecular flexibility index (Phi) is 5.86. The van der Waals surface area contributed by atoms with Crippen LogP contribution >= 0.6 is 11.8 Å². The lowest BCUT2D eigenvalue weighted by Gasteiger charge is -2.15. The fraction of sp³-hybridized carbons (Fsp3) is 0.182. The van der Waals surface area contributed by atoms with Gasteiger partial charge in [-0.05, 0) is 45.3 Å². The first kappa shape index (κ1) is 19.1. The van der Waals surface area contributed by atoms with E-state index >= 15 is 0 Å². The molecule has 6 nitrogen and oxygen atoms in total. The van der Waals surface area contributed by atoms with Crippen molar-refractivity contribution >= 4 is 28.4 Å². The van der Waals surface area contributed by atoms with Crippen LogP contribution in [0.15, 0.2) is 78.0 Å². The highest BCUT2D eigenvalue weighted by molar-refractivity contribution is 7.99. The quantitative estimate of drug-likeness (QED) is 0.475. The summed E-state index contributed by atoms with van der Waals surface area (Å²) in [7, 11) is 0. The van der Waals surface area contributed by atoms with E-state index < -0.39 is 0 Å². The molecule has 1 aromatic heterocycles. The minimum Gasteiger partial charge on any atom is -0.349 e. The first-order valence-corrected chi connectivity index (χ1v) is 10.4. The maximum atomic E-state index is 12.4. The van der Waals surface area contributed by atoms with Gasteiger partial charge in [-0.2, -0.15) is 0 Å². The fourth-order valence-electron chi connectivity index (χ4n) is 3.13. The van der Waals surface area contributed by atoms with E-state index in [0.717, 1.165) is 11.1 Å². The first-order valence-electron chi connectivity index (χ1n) is 9.40. The lowest BCUT2D eigenvalue weighted by atomic mass is 10.0. The second-order valence-corrected chi connectivity index (χ2v) is 7.73. The van der Waals surface area contributed by atoms with Crippen LogP contribution in [0.5, 0.6) is 0 Å². The summed E-state index contributed by atoms with van der Waals surface area (Å²) in [5, 5.41) is 17.9. The van der Waals surface area contributed by atoms with Crippen molar-refractivity contribution in [2.24, 2.45) is 0 Å². The number of carbonyl (C=O) groups excluding carboxylic acids is 1. The lowest BCUT2D eigenvalue weighted by molar-refractivity contribution is -0.119. The summed E-state index contributed by atoms with van der Waals surface area (Å²) in [6.07, 6.45) is 0. The molecule has 0 unspecified atom stereocenters. The summed E-state index contributed by atoms with van der Waals surface area (Å²) in [6.45, 7) is 2.57. The van der Waals surface area contributed by atoms with Crippen LogP contribution in [0.2, 0.25) is 0 Å². The molecule has 0 saturated heterocycles. The predicted octanol–water partition coefficient (Wildman–Crippen LogP) is 3.84. The maximum absolute atomic E-state index is 12.4. The molecular weight excluding hydrogens is 382 g/mol. The largest absolute Gasteiger partial charge is 0.349 e. The molecule has 0 aliphatic carbocycles. The number of hydrogen-bond donors (Lipinski definition) is 1. The second-order valence-electron chi connectivity index (χ2n) is 6.79. The number of rotatable bonds is 7. The molecule has 4 rings (SSSR count). The van der Waals surface area contributed by atoms with Crippen molar-refractivity contribution in [1.29, 1.82) is 0 Å². The molecule has 1 amide bonds. The van der Waals surface area contributed by atoms with Crippen LogP contribution in [-0.2, 0) is 11.3 Å². The Labute approximate surface area is 173 Å². The Hall–Kier alpha value is -3.19. The van der Waals surface area contributed by atoms with Gasteiger partial charge in [0.25, 0.3) is 0 Å². The minimum atomic E-state index is -0.0759. The smallest absolute Gasteiger partial charge is 0.230 e. The summed E-state index contributed by atoms with van der Waals surface area (Å²) in [6, 6.07) is 24.4. The first-order chi connectivity index (χ1) is 14.2. The van der Waals surface area contributed by atoms with Crippen molar-refractivity contribution in [3.63, 3.8) is 0 Å². The zero-order valence-corrected chi connectivity index (χ0v) is 16.8. The van der Waals surface area contributed by atoms with E-state index in [1.165, 1.54) is 22.5 Å². The molecule has 1 atom stereocenters. The molecule has 0 fully saturated rings. The van der Waals surface area contributed by atoms with Gasteiger partial charge in [0.1, 0.15) is 0 Å². The topological polar surface area (TPSA) is 72.7 Å².